The molecule has 0 unspecified atom stereocenters. The number of hydrogen-bond donors (Lipinski definition) is 0. The number of rotatable bonds is 6. The fraction of sp³-hybridized carbons (Fsp3) is 0.0392. The average Bonchev–Trinajstić information content (AvgIpc) is 3.63. The topological polar surface area (TPSA) is 17.8 Å². The molecule has 8 aromatic carbocycles. The van der Waals surface area contributed by atoms with Crippen LogP contribution in [-0.4, -0.2) is 9.55 Å². The van der Waals surface area contributed by atoms with Crippen LogP contribution in [0.1, 0.15) is 17.5 Å². The molecule has 0 aliphatic heterocycles. The number of imidazole rings is 1. The molecule has 1 aromatic heterocycles. The molecule has 0 radical (unpaired) electrons. The monoisotopic (exact) mass is 676 g/mol. The van der Waals surface area contributed by atoms with Crippen molar-refractivity contribution in [3.05, 3.63) is 199 Å². The minimum Gasteiger partial charge on any atom is -0.292 e. The number of nitrogens with zero attached hydrogens (tertiary/aromatic N) is 2. The zero-order valence-electron chi connectivity index (χ0n) is 29.3. The van der Waals surface area contributed by atoms with Crippen LogP contribution in [0, 0.1) is 0 Å². The summed E-state index contributed by atoms with van der Waals surface area (Å²) in [6, 6.07) is 65.5. The van der Waals surface area contributed by atoms with Crippen LogP contribution in [0.4, 0.5) is 0 Å². The Bertz CT molecular complexity index is 2820. The smallest absolute Gasteiger partial charge is 0.146 e. The van der Waals surface area contributed by atoms with Gasteiger partial charge in [0.15, 0.2) is 0 Å². The van der Waals surface area contributed by atoms with Crippen molar-refractivity contribution in [2.45, 2.75) is 12.8 Å². The van der Waals surface area contributed by atoms with Gasteiger partial charge in [0.2, 0.25) is 0 Å². The summed E-state index contributed by atoms with van der Waals surface area (Å²) in [6.45, 7) is 0. The van der Waals surface area contributed by atoms with Gasteiger partial charge < -0.3 is 0 Å². The van der Waals surface area contributed by atoms with Crippen molar-refractivity contribution in [1.82, 2.24) is 9.55 Å². The Hall–Kier alpha value is -6.77. The molecule has 0 bridgehead atoms. The van der Waals surface area contributed by atoms with Gasteiger partial charge in [-0.15, -0.1) is 0 Å². The third-order valence-electron chi connectivity index (χ3n) is 10.7. The molecular weight excluding hydrogens is 641 g/mol. The fourth-order valence-electron chi connectivity index (χ4n) is 8.39. The molecular formula is C51H36N2. The second kappa shape index (κ2) is 13.1. The molecule has 2 heteroatoms. The Morgan fingerprint density at radius 1 is 0.453 bits per heavy atom. The van der Waals surface area contributed by atoms with Gasteiger partial charge in [0.1, 0.15) is 5.82 Å². The van der Waals surface area contributed by atoms with E-state index in [1.807, 2.05) is 0 Å². The van der Waals surface area contributed by atoms with Crippen LogP contribution in [0.3, 0.4) is 0 Å². The van der Waals surface area contributed by atoms with Crippen LogP contribution in [-0.2, 0) is 6.42 Å². The summed E-state index contributed by atoms with van der Waals surface area (Å²) in [5, 5.41) is 2.55. The van der Waals surface area contributed by atoms with Crippen molar-refractivity contribution in [2.75, 3.05) is 0 Å². The van der Waals surface area contributed by atoms with Crippen LogP contribution >= 0.6 is 0 Å². The van der Waals surface area contributed by atoms with Crippen LogP contribution in [0.15, 0.2) is 188 Å². The summed E-state index contributed by atoms with van der Waals surface area (Å²) in [5.74, 6) is 0.933. The van der Waals surface area contributed by atoms with E-state index in [1.165, 1.54) is 60.8 Å². The molecule has 0 amide bonds. The standard InChI is InChI=1S/C51H36N2/c1-3-18-35(19-4-1)39-24-7-9-26-41(39)50-44-29-12-10-27-42(44)49(43-28-11-13-30-45(43)50)37-22-17-23-38(34-37)53-48-33-16-15-32-47(48)52-51(53)46-31-14-8-25-40(46)36-20-5-2-6-21-36/h1-12,14-29,31-34H,13,30H2. The first-order valence-corrected chi connectivity index (χ1v) is 18.5. The predicted octanol–water partition coefficient (Wildman–Crippen LogP) is 13.5. The predicted molar refractivity (Wildman–Crippen MR) is 223 cm³/mol. The number of hydrogen-bond acceptors (Lipinski definition) is 1. The largest absolute Gasteiger partial charge is 0.292 e. The van der Waals surface area contributed by atoms with Crippen LogP contribution in [0.25, 0.3) is 89.5 Å². The van der Waals surface area contributed by atoms with Gasteiger partial charge in [0, 0.05) is 11.3 Å². The van der Waals surface area contributed by atoms with Crippen molar-refractivity contribution < 1.29 is 0 Å². The number of allylic oxidation sites excluding steroid dienone is 1. The van der Waals surface area contributed by atoms with E-state index in [1.54, 1.807) is 0 Å². The minimum atomic E-state index is 0.933. The molecule has 2 nitrogen and oxygen atoms in total. The zero-order valence-corrected chi connectivity index (χ0v) is 29.3. The summed E-state index contributed by atoms with van der Waals surface area (Å²) < 4.78 is 2.34. The van der Waals surface area contributed by atoms with E-state index in [9.17, 15) is 0 Å². The third-order valence-corrected chi connectivity index (χ3v) is 10.7. The number of fused-ring (bicyclic) bond motifs is 3. The lowest BCUT2D eigenvalue weighted by molar-refractivity contribution is 0.991. The summed E-state index contributed by atoms with van der Waals surface area (Å²) in [5.41, 5.74) is 16.9. The molecule has 1 heterocycles. The minimum absolute atomic E-state index is 0.933. The van der Waals surface area contributed by atoms with Crippen molar-refractivity contribution in [2.24, 2.45) is 0 Å². The molecule has 0 saturated heterocycles. The van der Waals surface area contributed by atoms with Crippen molar-refractivity contribution in [3.8, 4) is 61.6 Å². The second-order valence-corrected chi connectivity index (χ2v) is 13.8. The Morgan fingerprint density at radius 2 is 1.02 bits per heavy atom. The quantitative estimate of drug-likeness (QED) is 0.171. The van der Waals surface area contributed by atoms with E-state index in [4.69, 9.17) is 4.98 Å². The Kier molecular flexibility index (Phi) is 7.66. The molecule has 0 saturated carbocycles. The molecule has 0 N–H and O–H groups in total. The highest BCUT2D eigenvalue weighted by Gasteiger charge is 2.24. The van der Waals surface area contributed by atoms with Gasteiger partial charge in [-0.2, -0.15) is 0 Å². The van der Waals surface area contributed by atoms with Gasteiger partial charge in [0.25, 0.3) is 0 Å². The lowest BCUT2D eigenvalue weighted by atomic mass is 9.79. The highest BCUT2D eigenvalue weighted by atomic mass is 15.1. The first kappa shape index (κ1) is 31.0. The maximum absolute atomic E-state index is 5.30. The highest BCUT2D eigenvalue weighted by Crippen LogP contribution is 2.47. The SMILES string of the molecule is C1=Cc2c(c(-c3ccccc3-c3ccccc3)c3ccccc3c2-c2cccc(-n3c(-c4ccccc4-c4ccccc4)nc4ccccc43)c2)CC1. The van der Waals surface area contributed by atoms with E-state index in [0.29, 0.717) is 0 Å². The molecule has 0 atom stereocenters. The Labute approximate surface area is 310 Å². The first-order valence-electron chi connectivity index (χ1n) is 18.5. The van der Waals surface area contributed by atoms with Gasteiger partial charge >= 0.3 is 0 Å². The maximum Gasteiger partial charge on any atom is 0.146 e. The Morgan fingerprint density at radius 3 is 1.75 bits per heavy atom. The van der Waals surface area contributed by atoms with Crippen LogP contribution < -0.4 is 0 Å². The third kappa shape index (κ3) is 5.30. The summed E-state index contributed by atoms with van der Waals surface area (Å²) >= 11 is 0. The van der Waals surface area contributed by atoms with Crippen molar-refractivity contribution in [3.63, 3.8) is 0 Å². The highest BCUT2D eigenvalue weighted by molar-refractivity contribution is 6.11. The molecule has 1 aliphatic rings. The molecule has 0 spiro atoms. The van der Waals surface area contributed by atoms with Gasteiger partial charge in [-0.05, 0) is 104 Å². The maximum atomic E-state index is 5.30. The van der Waals surface area contributed by atoms with E-state index >= 15 is 0 Å². The molecule has 10 rings (SSSR count). The molecule has 1 aliphatic carbocycles. The van der Waals surface area contributed by atoms with Gasteiger partial charge in [-0.1, -0.05) is 170 Å². The van der Waals surface area contributed by atoms with E-state index in [2.05, 4.69) is 199 Å². The van der Waals surface area contributed by atoms with E-state index < -0.39 is 0 Å². The Balaban J connectivity index is 1.21. The lowest BCUT2D eigenvalue weighted by Crippen LogP contribution is -2.04. The van der Waals surface area contributed by atoms with E-state index in [-0.39, 0.29) is 0 Å². The summed E-state index contributed by atoms with van der Waals surface area (Å²) in [7, 11) is 0. The molecule has 9 aromatic rings. The first-order chi connectivity index (χ1) is 26.3. The van der Waals surface area contributed by atoms with Crippen LogP contribution in [0.2, 0.25) is 0 Å². The number of benzene rings is 8. The van der Waals surface area contributed by atoms with E-state index in [0.717, 1.165) is 46.5 Å². The van der Waals surface area contributed by atoms with Crippen molar-refractivity contribution >= 4 is 27.9 Å². The summed E-state index contributed by atoms with van der Waals surface area (Å²) in [4.78, 5) is 5.30. The molecule has 53 heavy (non-hydrogen) atoms. The lowest BCUT2D eigenvalue weighted by Gasteiger charge is -2.25. The number of para-hydroxylation sites is 2. The second-order valence-electron chi connectivity index (χ2n) is 13.8. The molecule has 0 fully saturated rings. The fourth-order valence-corrected chi connectivity index (χ4v) is 8.39. The van der Waals surface area contributed by atoms with Gasteiger partial charge in [-0.25, -0.2) is 4.98 Å². The van der Waals surface area contributed by atoms with Crippen LogP contribution in [0.5, 0.6) is 0 Å². The zero-order chi connectivity index (χ0) is 35.1. The summed E-state index contributed by atoms with van der Waals surface area (Å²) in [6.07, 6.45) is 6.74. The molecule has 250 valence electrons. The normalized spacial score (nSPS) is 12.3. The van der Waals surface area contributed by atoms with Gasteiger partial charge in [0.05, 0.1) is 11.0 Å². The number of aromatic nitrogens is 2. The van der Waals surface area contributed by atoms with Crippen molar-refractivity contribution in [1.29, 1.82) is 0 Å². The van der Waals surface area contributed by atoms with Gasteiger partial charge in [-0.3, -0.25) is 4.57 Å². The average molecular weight is 677 g/mol.